The molecule has 0 spiro atoms. The van der Waals surface area contributed by atoms with Gasteiger partial charge in [-0.2, -0.15) is 9.97 Å². The first-order chi connectivity index (χ1) is 25.8. The van der Waals surface area contributed by atoms with Gasteiger partial charge in [0.05, 0.1) is 11.3 Å². The molecule has 0 aliphatic rings. The minimum atomic E-state index is 0.435. The minimum absolute atomic E-state index is 0.435. The van der Waals surface area contributed by atoms with E-state index in [1.807, 2.05) is 126 Å². The van der Waals surface area contributed by atoms with Crippen LogP contribution < -0.4 is 4.90 Å². The van der Waals surface area contributed by atoms with Gasteiger partial charge in [-0.1, -0.05) is 97.1 Å². The number of benzene rings is 7. The van der Waals surface area contributed by atoms with E-state index in [1.54, 1.807) is 0 Å². The van der Waals surface area contributed by atoms with E-state index >= 15 is 0 Å². The van der Waals surface area contributed by atoms with Gasteiger partial charge in [0.1, 0.15) is 27.9 Å². The molecule has 4 aromatic heterocycles. The molecule has 0 N–H and O–H groups in total. The van der Waals surface area contributed by atoms with Gasteiger partial charge in [0, 0.05) is 43.6 Å². The number of hydrogen-bond acceptors (Lipinski definition) is 7. The van der Waals surface area contributed by atoms with Crippen LogP contribution in [0.2, 0.25) is 0 Å². The zero-order chi connectivity index (χ0) is 34.2. The van der Waals surface area contributed by atoms with Gasteiger partial charge in [-0.05, 0) is 60.7 Å². The Hall–Kier alpha value is -7.25. The molecular weight excluding hydrogens is 645 g/mol. The molecule has 7 heteroatoms. The second-order valence-corrected chi connectivity index (χ2v) is 12.8. The van der Waals surface area contributed by atoms with Gasteiger partial charge in [0.15, 0.2) is 17.2 Å². The predicted molar refractivity (Wildman–Crippen MR) is 207 cm³/mol. The smallest absolute Gasteiger partial charge is 0.238 e. The number of anilines is 3. The largest absolute Gasteiger partial charge is 0.456 e. The molecule has 0 aliphatic carbocycles. The third kappa shape index (κ3) is 4.36. The first-order valence-electron chi connectivity index (χ1n) is 17.1. The summed E-state index contributed by atoms with van der Waals surface area (Å²) < 4.78 is 19.2. The van der Waals surface area contributed by atoms with Crippen LogP contribution in [-0.2, 0) is 0 Å². The van der Waals surface area contributed by atoms with Crippen LogP contribution >= 0.6 is 0 Å². The molecule has 244 valence electrons. The van der Waals surface area contributed by atoms with Gasteiger partial charge in [-0.25, -0.2) is 4.98 Å². The van der Waals surface area contributed by atoms with E-state index < -0.39 is 0 Å². The van der Waals surface area contributed by atoms with Crippen LogP contribution in [0.5, 0.6) is 0 Å². The van der Waals surface area contributed by atoms with Crippen LogP contribution in [0, 0.1) is 0 Å². The van der Waals surface area contributed by atoms with Crippen molar-refractivity contribution < 1.29 is 13.3 Å². The number of nitrogens with zero attached hydrogens (tertiary/aromatic N) is 4. The van der Waals surface area contributed by atoms with Crippen LogP contribution in [-0.4, -0.2) is 15.0 Å². The van der Waals surface area contributed by atoms with Crippen molar-refractivity contribution in [1.82, 2.24) is 15.0 Å². The monoisotopic (exact) mass is 670 g/mol. The van der Waals surface area contributed by atoms with Gasteiger partial charge >= 0.3 is 0 Å². The second-order valence-electron chi connectivity index (χ2n) is 12.8. The molecule has 0 radical (unpaired) electrons. The maximum atomic E-state index is 6.57. The minimum Gasteiger partial charge on any atom is -0.456 e. The zero-order valence-electron chi connectivity index (χ0n) is 27.5. The van der Waals surface area contributed by atoms with E-state index in [9.17, 15) is 0 Å². The number of rotatable bonds is 5. The van der Waals surface area contributed by atoms with Crippen LogP contribution in [0.15, 0.2) is 171 Å². The normalized spacial score (nSPS) is 11.8. The third-order valence-electron chi connectivity index (χ3n) is 9.74. The van der Waals surface area contributed by atoms with E-state index in [2.05, 4.69) is 36.4 Å². The lowest BCUT2D eigenvalue weighted by atomic mass is 10.1. The molecule has 11 aromatic rings. The quantitative estimate of drug-likeness (QED) is 0.180. The molecule has 52 heavy (non-hydrogen) atoms. The fourth-order valence-corrected chi connectivity index (χ4v) is 7.35. The van der Waals surface area contributed by atoms with Crippen molar-refractivity contribution in [2.75, 3.05) is 4.90 Å². The molecule has 7 aromatic carbocycles. The highest BCUT2D eigenvalue weighted by Gasteiger charge is 2.25. The number of furan rings is 3. The molecule has 0 saturated heterocycles. The summed E-state index contributed by atoms with van der Waals surface area (Å²) in [5.41, 5.74) is 7.98. The molecule has 4 heterocycles. The lowest BCUT2D eigenvalue weighted by molar-refractivity contribution is 0.668. The van der Waals surface area contributed by atoms with Gasteiger partial charge in [-0.15, -0.1) is 0 Å². The maximum Gasteiger partial charge on any atom is 0.238 e. The van der Waals surface area contributed by atoms with Crippen molar-refractivity contribution in [2.45, 2.75) is 0 Å². The number of para-hydroxylation sites is 6. The Labute approximate surface area is 296 Å². The van der Waals surface area contributed by atoms with Crippen molar-refractivity contribution >= 4 is 83.1 Å². The standard InChI is InChI=1S/C45H26N4O3/c1-2-12-28(13-3-1)49(36-20-11-18-33-30-15-5-9-23-39(30)52-42(33)36)45-47-43(27-24-25-40-35(26-27)31-16-6-7-21-37(31)50-40)46-44(48-45)34-19-10-17-32-29-14-4-8-22-38(29)51-41(32)34/h1-26H. The molecule has 0 fully saturated rings. The molecule has 11 rings (SSSR count). The lowest BCUT2D eigenvalue weighted by Gasteiger charge is -2.24. The second kappa shape index (κ2) is 11.1. The first kappa shape index (κ1) is 28.6. The highest BCUT2D eigenvalue weighted by Crippen LogP contribution is 2.43. The van der Waals surface area contributed by atoms with Crippen LogP contribution in [0.25, 0.3) is 88.6 Å². The Balaban J connectivity index is 1.21. The first-order valence-corrected chi connectivity index (χ1v) is 17.1. The average Bonchev–Trinajstić information content (AvgIpc) is 3.90. The van der Waals surface area contributed by atoms with Crippen molar-refractivity contribution in [1.29, 1.82) is 0 Å². The summed E-state index contributed by atoms with van der Waals surface area (Å²) in [6.45, 7) is 0. The van der Waals surface area contributed by atoms with Crippen molar-refractivity contribution in [3.05, 3.63) is 158 Å². The van der Waals surface area contributed by atoms with Gasteiger partial charge in [0.2, 0.25) is 5.95 Å². The van der Waals surface area contributed by atoms with Gasteiger partial charge < -0.3 is 13.3 Å². The van der Waals surface area contributed by atoms with Crippen molar-refractivity contribution in [2.24, 2.45) is 0 Å². The van der Waals surface area contributed by atoms with E-state index in [0.29, 0.717) is 23.2 Å². The predicted octanol–water partition coefficient (Wildman–Crippen LogP) is 12.4. The Morgan fingerprint density at radius 1 is 0.385 bits per heavy atom. The van der Waals surface area contributed by atoms with Crippen molar-refractivity contribution in [3.63, 3.8) is 0 Å². The van der Waals surface area contributed by atoms with E-state index in [1.165, 1.54) is 0 Å². The molecule has 0 saturated carbocycles. The fourth-order valence-electron chi connectivity index (χ4n) is 7.35. The summed E-state index contributed by atoms with van der Waals surface area (Å²) in [6.07, 6.45) is 0. The fraction of sp³-hybridized carbons (Fsp3) is 0. The Bertz CT molecular complexity index is 3160. The molecular formula is C45H26N4O3. The Kier molecular flexibility index (Phi) is 6.12. The summed E-state index contributed by atoms with van der Waals surface area (Å²) in [6, 6.07) is 52.7. The Morgan fingerprint density at radius 2 is 0.942 bits per heavy atom. The third-order valence-corrected chi connectivity index (χ3v) is 9.74. The van der Waals surface area contributed by atoms with E-state index in [-0.39, 0.29) is 0 Å². The van der Waals surface area contributed by atoms with E-state index in [0.717, 1.165) is 82.7 Å². The zero-order valence-corrected chi connectivity index (χ0v) is 27.5. The number of hydrogen-bond donors (Lipinski definition) is 0. The SMILES string of the molecule is c1ccc(N(c2nc(-c3ccc4oc5ccccc5c4c3)nc(-c3cccc4c3oc3ccccc34)n2)c2cccc3c2oc2ccccc23)cc1. The lowest BCUT2D eigenvalue weighted by Crippen LogP contribution is -2.15. The van der Waals surface area contributed by atoms with Gasteiger partial charge in [-0.3, -0.25) is 4.90 Å². The average molecular weight is 671 g/mol. The van der Waals surface area contributed by atoms with Gasteiger partial charge in [0.25, 0.3) is 0 Å². The summed E-state index contributed by atoms with van der Waals surface area (Å²) in [5.74, 6) is 1.43. The highest BCUT2D eigenvalue weighted by atomic mass is 16.3. The maximum absolute atomic E-state index is 6.57. The molecule has 0 amide bonds. The molecule has 0 bridgehead atoms. The summed E-state index contributed by atoms with van der Waals surface area (Å²) in [7, 11) is 0. The Morgan fingerprint density at radius 3 is 1.69 bits per heavy atom. The number of fused-ring (bicyclic) bond motifs is 9. The summed E-state index contributed by atoms with van der Waals surface area (Å²) >= 11 is 0. The molecule has 0 atom stereocenters. The topological polar surface area (TPSA) is 81.3 Å². The highest BCUT2D eigenvalue weighted by molar-refractivity contribution is 6.11. The molecule has 0 unspecified atom stereocenters. The summed E-state index contributed by atoms with van der Waals surface area (Å²) in [4.78, 5) is 17.7. The van der Waals surface area contributed by atoms with Crippen LogP contribution in [0.3, 0.4) is 0 Å². The van der Waals surface area contributed by atoms with Crippen LogP contribution in [0.1, 0.15) is 0 Å². The number of aromatic nitrogens is 3. The summed E-state index contributed by atoms with van der Waals surface area (Å²) in [5, 5.41) is 6.10. The van der Waals surface area contributed by atoms with Crippen molar-refractivity contribution in [3.8, 4) is 22.8 Å². The van der Waals surface area contributed by atoms with E-state index in [4.69, 9.17) is 28.2 Å². The van der Waals surface area contributed by atoms with Crippen LogP contribution in [0.4, 0.5) is 17.3 Å². The molecule has 0 aliphatic heterocycles. The molecule has 7 nitrogen and oxygen atoms in total.